The number of hydrogen-bond acceptors (Lipinski definition) is 2. The Labute approximate surface area is 149 Å². The van der Waals surface area contributed by atoms with Crippen molar-refractivity contribution >= 4 is 18.3 Å². The number of rotatable bonds is 3. The molecule has 0 fully saturated rings. The first-order chi connectivity index (χ1) is 11.3. The van der Waals surface area contributed by atoms with Crippen LogP contribution in [0.25, 0.3) is 0 Å². The van der Waals surface area contributed by atoms with Gasteiger partial charge in [0.2, 0.25) is 0 Å². The van der Waals surface area contributed by atoms with Gasteiger partial charge in [0.15, 0.2) is 0 Å². The van der Waals surface area contributed by atoms with Crippen molar-refractivity contribution < 1.29 is 4.79 Å². The molecule has 1 aliphatic heterocycles. The molecule has 4 rings (SSSR count). The van der Waals surface area contributed by atoms with Gasteiger partial charge in [-0.15, -0.1) is 12.4 Å². The zero-order valence-electron chi connectivity index (χ0n) is 13.7. The molecule has 0 saturated heterocycles. The van der Waals surface area contributed by atoms with E-state index < -0.39 is 0 Å². The third kappa shape index (κ3) is 3.47. The fraction of sp³-hybridized carbons (Fsp3) is 0.350. The minimum absolute atomic E-state index is 0. The normalized spacial score (nSPS) is 15.2. The van der Waals surface area contributed by atoms with Crippen LogP contribution in [-0.2, 0) is 32.5 Å². The van der Waals surface area contributed by atoms with Gasteiger partial charge in [-0.2, -0.15) is 0 Å². The Bertz CT molecular complexity index is 757. The van der Waals surface area contributed by atoms with E-state index in [4.69, 9.17) is 0 Å². The summed E-state index contributed by atoms with van der Waals surface area (Å²) in [7, 11) is 0. The second-order valence-electron chi connectivity index (χ2n) is 6.58. The number of carbonyl (C=O) groups excluding carboxylic acids is 1. The lowest BCUT2D eigenvalue weighted by atomic mass is 9.90. The van der Waals surface area contributed by atoms with E-state index in [0.29, 0.717) is 6.54 Å². The Morgan fingerprint density at radius 2 is 1.67 bits per heavy atom. The number of carbonyl (C=O) groups is 1. The highest BCUT2D eigenvalue weighted by Gasteiger charge is 2.13. The molecule has 1 amide bonds. The highest BCUT2D eigenvalue weighted by Crippen LogP contribution is 2.22. The molecule has 1 heterocycles. The van der Waals surface area contributed by atoms with E-state index >= 15 is 0 Å². The lowest BCUT2D eigenvalue weighted by Gasteiger charge is -2.16. The molecule has 0 saturated carbocycles. The molecule has 2 N–H and O–H groups in total. The van der Waals surface area contributed by atoms with E-state index in [1.54, 1.807) is 0 Å². The first kappa shape index (κ1) is 17.0. The molecule has 3 nitrogen and oxygen atoms in total. The molecular weight excluding hydrogens is 320 g/mol. The SMILES string of the molecule is Cl.O=C(NCc1ccc2c(c1)CNC2)c1ccc2c(c1)CCCC2. The molecule has 4 heteroatoms. The van der Waals surface area contributed by atoms with Crippen LogP contribution in [0.5, 0.6) is 0 Å². The highest BCUT2D eigenvalue weighted by molar-refractivity contribution is 5.94. The fourth-order valence-corrected chi connectivity index (χ4v) is 3.62. The Morgan fingerprint density at radius 3 is 2.54 bits per heavy atom. The van der Waals surface area contributed by atoms with Gasteiger partial charge >= 0.3 is 0 Å². The van der Waals surface area contributed by atoms with E-state index in [9.17, 15) is 4.79 Å². The minimum atomic E-state index is 0. The topological polar surface area (TPSA) is 41.1 Å². The first-order valence-electron chi connectivity index (χ1n) is 8.51. The Balaban J connectivity index is 0.00000169. The van der Waals surface area contributed by atoms with Crippen molar-refractivity contribution in [2.45, 2.75) is 45.3 Å². The Hall–Kier alpha value is -1.84. The number of aryl methyl sites for hydroxylation is 2. The zero-order chi connectivity index (χ0) is 15.6. The average Bonchev–Trinajstić information content (AvgIpc) is 3.07. The van der Waals surface area contributed by atoms with E-state index in [1.807, 2.05) is 6.07 Å². The summed E-state index contributed by atoms with van der Waals surface area (Å²) in [5.41, 5.74) is 7.44. The molecule has 0 atom stereocenters. The molecule has 0 unspecified atom stereocenters. The van der Waals surface area contributed by atoms with Crippen LogP contribution in [-0.4, -0.2) is 5.91 Å². The summed E-state index contributed by atoms with van der Waals surface area (Å²) in [5, 5.41) is 6.40. The minimum Gasteiger partial charge on any atom is -0.348 e. The molecule has 1 aliphatic carbocycles. The highest BCUT2D eigenvalue weighted by atomic mass is 35.5. The van der Waals surface area contributed by atoms with Crippen LogP contribution < -0.4 is 10.6 Å². The number of nitrogens with one attached hydrogen (secondary N) is 2. The molecule has 0 spiro atoms. The molecule has 24 heavy (non-hydrogen) atoms. The third-order valence-electron chi connectivity index (χ3n) is 4.97. The van der Waals surface area contributed by atoms with Crippen molar-refractivity contribution in [2.75, 3.05) is 0 Å². The van der Waals surface area contributed by atoms with Gasteiger partial charge in [0.25, 0.3) is 5.91 Å². The average molecular weight is 343 g/mol. The molecule has 126 valence electrons. The van der Waals surface area contributed by atoms with E-state index in [1.165, 1.54) is 40.7 Å². The summed E-state index contributed by atoms with van der Waals surface area (Å²) in [6, 6.07) is 12.6. The molecule has 2 aliphatic rings. The van der Waals surface area contributed by atoms with Gasteiger partial charge in [0.05, 0.1) is 0 Å². The molecule has 2 aromatic rings. The monoisotopic (exact) mass is 342 g/mol. The van der Waals surface area contributed by atoms with Crippen LogP contribution in [0, 0.1) is 0 Å². The second-order valence-corrected chi connectivity index (χ2v) is 6.58. The number of fused-ring (bicyclic) bond motifs is 2. The molecule has 0 aromatic heterocycles. The predicted octanol–water partition coefficient (Wildman–Crippen LogP) is 3.52. The number of amides is 1. The van der Waals surface area contributed by atoms with Gasteiger partial charge < -0.3 is 10.6 Å². The predicted molar refractivity (Wildman–Crippen MR) is 98.5 cm³/mol. The van der Waals surface area contributed by atoms with E-state index in [2.05, 4.69) is 41.0 Å². The van der Waals surface area contributed by atoms with Crippen molar-refractivity contribution in [1.82, 2.24) is 10.6 Å². The molecule has 2 aromatic carbocycles. The molecule has 0 radical (unpaired) electrons. The summed E-state index contributed by atoms with van der Waals surface area (Å²) in [5.74, 6) is 0.0250. The maximum absolute atomic E-state index is 12.4. The van der Waals surface area contributed by atoms with Gasteiger partial charge in [0, 0.05) is 25.2 Å². The molecular formula is C20H23ClN2O. The lowest BCUT2D eigenvalue weighted by molar-refractivity contribution is 0.0951. The van der Waals surface area contributed by atoms with Gasteiger partial charge in [0.1, 0.15) is 0 Å². The van der Waals surface area contributed by atoms with Gasteiger partial charge in [-0.3, -0.25) is 4.79 Å². The summed E-state index contributed by atoms with van der Waals surface area (Å²) in [4.78, 5) is 12.4. The number of hydrogen-bond donors (Lipinski definition) is 2. The Kier molecular flexibility index (Phi) is 5.22. The quantitative estimate of drug-likeness (QED) is 0.896. The van der Waals surface area contributed by atoms with Crippen molar-refractivity contribution in [3.8, 4) is 0 Å². The lowest BCUT2D eigenvalue weighted by Crippen LogP contribution is -2.23. The van der Waals surface area contributed by atoms with E-state index in [0.717, 1.165) is 31.5 Å². The fourth-order valence-electron chi connectivity index (χ4n) is 3.62. The third-order valence-corrected chi connectivity index (χ3v) is 4.97. The summed E-state index contributed by atoms with van der Waals surface area (Å²) >= 11 is 0. The summed E-state index contributed by atoms with van der Waals surface area (Å²) < 4.78 is 0. The Morgan fingerprint density at radius 1 is 0.917 bits per heavy atom. The standard InChI is InChI=1S/C20H22N2O.ClH/c23-20(17-8-7-15-3-1-2-4-16(15)10-17)22-11-14-5-6-18-12-21-13-19(18)9-14;/h5-10,21H,1-4,11-13H2,(H,22,23);1H. The maximum atomic E-state index is 12.4. The largest absolute Gasteiger partial charge is 0.348 e. The van der Waals surface area contributed by atoms with Crippen LogP contribution in [0.15, 0.2) is 36.4 Å². The van der Waals surface area contributed by atoms with Crippen molar-refractivity contribution in [3.05, 3.63) is 69.8 Å². The van der Waals surface area contributed by atoms with Crippen LogP contribution in [0.3, 0.4) is 0 Å². The first-order valence-corrected chi connectivity index (χ1v) is 8.51. The van der Waals surface area contributed by atoms with Crippen molar-refractivity contribution in [2.24, 2.45) is 0 Å². The smallest absolute Gasteiger partial charge is 0.251 e. The van der Waals surface area contributed by atoms with Crippen LogP contribution in [0.1, 0.15) is 51.0 Å². The second kappa shape index (κ2) is 7.37. The van der Waals surface area contributed by atoms with Crippen LogP contribution in [0.4, 0.5) is 0 Å². The van der Waals surface area contributed by atoms with Crippen molar-refractivity contribution in [3.63, 3.8) is 0 Å². The summed E-state index contributed by atoms with van der Waals surface area (Å²) in [6.45, 7) is 2.47. The van der Waals surface area contributed by atoms with E-state index in [-0.39, 0.29) is 18.3 Å². The van der Waals surface area contributed by atoms with Crippen LogP contribution >= 0.6 is 12.4 Å². The number of benzene rings is 2. The zero-order valence-corrected chi connectivity index (χ0v) is 14.5. The van der Waals surface area contributed by atoms with Crippen molar-refractivity contribution in [1.29, 1.82) is 0 Å². The van der Waals surface area contributed by atoms with Gasteiger partial charge in [-0.1, -0.05) is 24.3 Å². The van der Waals surface area contributed by atoms with Crippen LogP contribution in [0.2, 0.25) is 0 Å². The summed E-state index contributed by atoms with van der Waals surface area (Å²) in [6.07, 6.45) is 4.77. The maximum Gasteiger partial charge on any atom is 0.251 e. The van der Waals surface area contributed by atoms with Gasteiger partial charge in [-0.05, 0) is 65.6 Å². The van der Waals surface area contributed by atoms with Gasteiger partial charge in [-0.25, -0.2) is 0 Å². The molecule has 0 bridgehead atoms. The number of halogens is 1.